The van der Waals surface area contributed by atoms with Gasteiger partial charge in [-0.2, -0.15) is 0 Å². The van der Waals surface area contributed by atoms with Gasteiger partial charge in [-0.1, -0.05) is 57.2 Å². The molecule has 0 aliphatic heterocycles. The average molecular weight is 761 g/mol. The summed E-state index contributed by atoms with van der Waals surface area (Å²) in [5.74, 6) is 0.596. The summed E-state index contributed by atoms with van der Waals surface area (Å²) in [6.45, 7) is 28.6. The minimum Gasteiger partial charge on any atom is -0.467 e. The fraction of sp³-hybridized carbons (Fsp3) is 0.659. The van der Waals surface area contributed by atoms with E-state index in [1.807, 2.05) is 109 Å². The van der Waals surface area contributed by atoms with E-state index in [4.69, 9.17) is 32.8 Å². The number of benzene rings is 2. The van der Waals surface area contributed by atoms with Crippen molar-refractivity contribution in [1.29, 1.82) is 0 Å². The fourth-order valence-electron chi connectivity index (χ4n) is 5.07. The molecule has 0 spiro atoms. The van der Waals surface area contributed by atoms with E-state index in [0.717, 1.165) is 11.1 Å². The maximum Gasteiger partial charge on any atom is 0.320 e. The van der Waals surface area contributed by atoms with E-state index in [1.54, 1.807) is 0 Å². The van der Waals surface area contributed by atoms with Crippen LogP contribution in [0, 0.1) is 0 Å². The van der Waals surface area contributed by atoms with Crippen LogP contribution in [0.2, 0.25) is 18.1 Å². The summed E-state index contributed by atoms with van der Waals surface area (Å²) in [4.78, 5) is 31.2. The highest BCUT2D eigenvalue weighted by atomic mass is 28.4. The van der Waals surface area contributed by atoms with Crippen LogP contribution in [0.5, 0.6) is 11.5 Å². The molecule has 0 saturated carbocycles. The van der Waals surface area contributed by atoms with E-state index in [2.05, 4.69) is 38.8 Å². The molecule has 0 saturated heterocycles. The maximum absolute atomic E-state index is 13.6. The lowest BCUT2D eigenvalue weighted by Gasteiger charge is -2.41. The molecule has 0 heterocycles. The van der Waals surface area contributed by atoms with Crippen molar-refractivity contribution in [3.63, 3.8) is 0 Å². The summed E-state index contributed by atoms with van der Waals surface area (Å²) < 4.78 is 41.6. The average Bonchev–Trinajstić information content (AvgIpc) is 3.02. The number of rotatable bonds is 22. The van der Waals surface area contributed by atoms with E-state index in [1.165, 1.54) is 0 Å². The molecular weight excluding hydrogens is 693 g/mol. The van der Waals surface area contributed by atoms with Gasteiger partial charge in [0.2, 0.25) is 0 Å². The Kier molecular flexibility index (Phi) is 18.4. The molecule has 0 aliphatic carbocycles. The van der Waals surface area contributed by atoms with Gasteiger partial charge in [0.15, 0.2) is 21.9 Å². The van der Waals surface area contributed by atoms with Crippen molar-refractivity contribution in [1.82, 2.24) is 9.80 Å². The zero-order valence-electron chi connectivity index (χ0n) is 34.8. The number of esters is 2. The molecule has 1 atom stereocenters. The molecule has 12 heteroatoms. The van der Waals surface area contributed by atoms with Crippen molar-refractivity contribution in [2.24, 2.45) is 0 Å². The number of ether oxygens (including phenoxy) is 6. The summed E-state index contributed by atoms with van der Waals surface area (Å²) in [5, 5.41) is -0.0553. The third kappa shape index (κ3) is 17.8. The highest BCUT2D eigenvalue weighted by Crippen LogP contribution is 2.37. The van der Waals surface area contributed by atoms with Crippen molar-refractivity contribution < 1.29 is 42.4 Å². The second-order valence-electron chi connectivity index (χ2n) is 16.7. The van der Waals surface area contributed by atoms with Gasteiger partial charge in [0, 0.05) is 50.0 Å². The Bertz CT molecular complexity index is 1400. The first kappa shape index (κ1) is 46.2. The van der Waals surface area contributed by atoms with Crippen LogP contribution in [0.1, 0.15) is 87.3 Å². The van der Waals surface area contributed by atoms with Gasteiger partial charge in [-0.05, 0) is 85.7 Å². The van der Waals surface area contributed by atoms with Gasteiger partial charge in [0.05, 0.1) is 19.7 Å². The summed E-state index contributed by atoms with van der Waals surface area (Å²) in [5.41, 5.74) is 0.414. The Hall–Kier alpha value is -3.00. The molecule has 0 aliphatic rings. The van der Waals surface area contributed by atoms with Crippen LogP contribution >= 0.6 is 0 Å². The normalized spacial score (nSPS) is 13.3. The third-order valence-corrected chi connectivity index (χ3v) is 13.2. The molecule has 2 aromatic rings. The Morgan fingerprint density at radius 1 is 0.679 bits per heavy atom. The van der Waals surface area contributed by atoms with E-state index < -0.39 is 19.5 Å². The van der Waals surface area contributed by atoms with Gasteiger partial charge in [-0.25, -0.2) is 0 Å². The molecule has 2 rings (SSSR count). The highest BCUT2D eigenvalue weighted by Gasteiger charge is 2.39. The number of carbonyl (C=O) groups excluding carboxylic acids is 2. The fourth-order valence-corrected chi connectivity index (χ4v) is 6.12. The van der Waals surface area contributed by atoms with Crippen LogP contribution in [-0.4, -0.2) is 100 Å². The predicted octanol–water partition coefficient (Wildman–Crippen LogP) is 7.81. The molecule has 0 amide bonds. The monoisotopic (exact) mass is 760 g/mol. The van der Waals surface area contributed by atoms with Crippen LogP contribution in [-0.2, 0) is 46.1 Å². The molecule has 53 heavy (non-hydrogen) atoms. The quantitative estimate of drug-likeness (QED) is 0.0508. The second-order valence-corrected chi connectivity index (χ2v) is 21.5. The lowest BCUT2D eigenvalue weighted by atomic mass is 10.1. The molecule has 1 unspecified atom stereocenters. The zero-order chi connectivity index (χ0) is 39.9. The molecule has 2 aromatic carbocycles. The molecule has 11 nitrogen and oxygen atoms in total. The van der Waals surface area contributed by atoms with Crippen molar-refractivity contribution in [2.45, 2.75) is 125 Å². The van der Waals surface area contributed by atoms with Gasteiger partial charge < -0.3 is 32.8 Å². The molecule has 0 radical (unpaired) electrons. The van der Waals surface area contributed by atoms with Crippen LogP contribution in [0.4, 0.5) is 0 Å². The van der Waals surface area contributed by atoms with Crippen molar-refractivity contribution in [2.75, 3.05) is 53.0 Å². The van der Waals surface area contributed by atoms with Gasteiger partial charge >= 0.3 is 11.9 Å². The first-order valence-electron chi connectivity index (χ1n) is 18.7. The molecule has 300 valence electrons. The van der Waals surface area contributed by atoms with Gasteiger partial charge in [0.25, 0.3) is 0 Å². The number of hydrogen-bond donors (Lipinski definition) is 0. The van der Waals surface area contributed by atoms with Crippen LogP contribution in [0.25, 0.3) is 0 Å². The molecular formula is C41H68N2O9Si. The van der Waals surface area contributed by atoms with E-state index in [-0.39, 0.29) is 49.7 Å². The maximum atomic E-state index is 13.6. The number of nitrogens with zero attached hydrogens (tertiary/aromatic N) is 2. The summed E-state index contributed by atoms with van der Waals surface area (Å²) in [6, 6.07) is 15.1. The number of para-hydroxylation sites is 2. The molecule has 0 N–H and O–H groups in total. The molecule has 0 aromatic heterocycles. The highest BCUT2D eigenvalue weighted by molar-refractivity contribution is 6.74. The van der Waals surface area contributed by atoms with Crippen LogP contribution < -0.4 is 9.47 Å². The van der Waals surface area contributed by atoms with Gasteiger partial charge in [-0.15, -0.1) is 0 Å². The Balaban J connectivity index is 2.68. The summed E-state index contributed by atoms with van der Waals surface area (Å²) >= 11 is 0. The number of hydrogen-bond acceptors (Lipinski definition) is 11. The van der Waals surface area contributed by atoms with E-state index >= 15 is 0 Å². The molecule has 0 fully saturated rings. The SMILES string of the molecule is CCOCOc1ccccc1CN(CC(=O)OC(C)(C)C)CC(CO[Si](C)(C)C(C)(C)C)N(CC(=O)OC(C)(C)C)Cc1ccccc1OCOCC. The van der Waals surface area contributed by atoms with Crippen molar-refractivity contribution in [3.8, 4) is 11.5 Å². The lowest BCUT2D eigenvalue weighted by molar-refractivity contribution is -0.159. The largest absolute Gasteiger partial charge is 0.467 e. The molecule has 0 bridgehead atoms. The first-order chi connectivity index (χ1) is 24.6. The van der Waals surface area contributed by atoms with Crippen molar-refractivity contribution in [3.05, 3.63) is 59.7 Å². The van der Waals surface area contributed by atoms with Gasteiger partial charge in [-0.3, -0.25) is 19.4 Å². The van der Waals surface area contributed by atoms with E-state index in [0.29, 0.717) is 51.0 Å². The lowest BCUT2D eigenvalue weighted by Crippen LogP contribution is -2.52. The van der Waals surface area contributed by atoms with Gasteiger partial charge in [0.1, 0.15) is 22.7 Å². The van der Waals surface area contributed by atoms with Crippen LogP contribution in [0.3, 0.4) is 0 Å². The van der Waals surface area contributed by atoms with E-state index in [9.17, 15) is 9.59 Å². The zero-order valence-corrected chi connectivity index (χ0v) is 35.8. The number of carbonyl (C=O) groups is 2. The topological polar surface area (TPSA) is 105 Å². The Labute approximate surface area is 320 Å². The Morgan fingerprint density at radius 2 is 1.13 bits per heavy atom. The minimum atomic E-state index is -2.26. The Morgan fingerprint density at radius 3 is 1.58 bits per heavy atom. The predicted molar refractivity (Wildman–Crippen MR) is 211 cm³/mol. The summed E-state index contributed by atoms with van der Waals surface area (Å²) in [6.07, 6.45) is 0. The van der Waals surface area contributed by atoms with Crippen LogP contribution in [0.15, 0.2) is 48.5 Å². The first-order valence-corrected chi connectivity index (χ1v) is 21.7. The smallest absolute Gasteiger partial charge is 0.320 e. The standard InChI is InChI=1S/C41H68N2O9Si/c1-14-46-30-48-35-22-18-16-20-32(35)24-42(27-37(44)51-39(3,4)5)26-34(29-50-53(12,13)41(9,10)11)43(28-38(45)52-40(6,7)8)25-33-21-17-19-23-36(33)49-31-47-15-2/h16-23,34H,14-15,24-31H2,1-13H3. The van der Waals surface area contributed by atoms with Crippen molar-refractivity contribution >= 4 is 20.3 Å². The third-order valence-electron chi connectivity index (χ3n) is 8.67. The minimum absolute atomic E-state index is 0.00197. The second kappa shape index (κ2) is 21.2. The summed E-state index contributed by atoms with van der Waals surface area (Å²) in [7, 11) is -2.26.